The van der Waals surface area contributed by atoms with Crippen LogP contribution in [-0.4, -0.2) is 58.5 Å². The number of ether oxygens (including phenoxy) is 2. The minimum Gasteiger partial charge on any atom is -0.493 e. The molecule has 0 aliphatic carbocycles. The molecule has 4 rings (SSSR count). The van der Waals surface area contributed by atoms with E-state index in [-0.39, 0.29) is 29.5 Å². The van der Waals surface area contributed by atoms with E-state index in [0.717, 1.165) is 26.6 Å². The zero-order valence-electron chi connectivity index (χ0n) is 26.9. The highest BCUT2D eigenvalue weighted by Crippen LogP contribution is 2.34. The molecule has 0 saturated heterocycles. The largest absolute Gasteiger partial charge is 0.493 e. The Balaban J connectivity index is 1.84. The summed E-state index contributed by atoms with van der Waals surface area (Å²) in [6, 6.07) is 27.3. The predicted octanol–water partition coefficient (Wildman–Crippen LogP) is 5.29. The van der Waals surface area contributed by atoms with E-state index in [0.29, 0.717) is 18.0 Å². The topological polar surface area (TPSA) is 105 Å². The highest BCUT2D eigenvalue weighted by atomic mass is 32.2. The molecule has 46 heavy (non-hydrogen) atoms. The molecule has 1 atom stereocenters. The first-order chi connectivity index (χ1) is 22.1. The van der Waals surface area contributed by atoms with Crippen molar-refractivity contribution in [2.45, 2.75) is 44.7 Å². The van der Waals surface area contributed by atoms with Gasteiger partial charge in [0.25, 0.3) is 10.0 Å². The summed E-state index contributed by atoms with van der Waals surface area (Å²) >= 11 is 0. The smallest absolute Gasteiger partial charge is 0.264 e. The quantitative estimate of drug-likeness (QED) is 0.200. The fourth-order valence-electron chi connectivity index (χ4n) is 5.16. The Hall–Kier alpha value is -4.83. The number of methoxy groups -OCH3 is 2. The van der Waals surface area contributed by atoms with E-state index in [9.17, 15) is 18.0 Å². The minimum atomic E-state index is -4.25. The molecule has 10 heteroatoms. The van der Waals surface area contributed by atoms with Gasteiger partial charge in [-0.3, -0.25) is 13.9 Å². The summed E-state index contributed by atoms with van der Waals surface area (Å²) in [6.45, 7) is 5.53. The maximum Gasteiger partial charge on any atom is 0.264 e. The van der Waals surface area contributed by atoms with Gasteiger partial charge in [-0.2, -0.15) is 0 Å². The van der Waals surface area contributed by atoms with Gasteiger partial charge in [0, 0.05) is 25.6 Å². The van der Waals surface area contributed by atoms with Crippen LogP contribution in [0.2, 0.25) is 0 Å². The van der Waals surface area contributed by atoms with E-state index >= 15 is 0 Å². The van der Waals surface area contributed by atoms with Gasteiger partial charge >= 0.3 is 0 Å². The third kappa shape index (κ3) is 8.06. The number of likely N-dealkylation sites (N-methyl/N-ethyl adjacent to an activating group) is 1. The van der Waals surface area contributed by atoms with Crippen molar-refractivity contribution in [1.29, 1.82) is 0 Å². The summed E-state index contributed by atoms with van der Waals surface area (Å²) in [4.78, 5) is 29.7. The number of nitrogens with zero attached hydrogens (tertiary/aromatic N) is 2. The van der Waals surface area contributed by atoms with Crippen molar-refractivity contribution in [3.05, 3.63) is 119 Å². The molecule has 0 fully saturated rings. The highest BCUT2D eigenvalue weighted by molar-refractivity contribution is 7.92. The lowest BCUT2D eigenvalue weighted by molar-refractivity contribution is -0.140. The minimum absolute atomic E-state index is 0.0238. The first-order valence-corrected chi connectivity index (χ1v) is 16.5. The Labute approximate surface area is 271 Å². The summed E-state index contributed by atoms with van der Waals surface area (Å²) in [5.74, 6) is -0.156. The summed E-state index contributed by atoms with van der Waals surface area (Å²) in [7, 11) is -1.31. The van der Waals surface area contributed by atoms with Crippen molar-refractivity contribution < 1.29 is 27.5 Å². The zero-order valence-corrected chi connectivity index (χ0v) is 27.7. The molecule has 0 radical (unpaired) electrons. The Morgan fingerprint density at radius 3 is 2.11 bits per heavy atom. The SMILES string of the molecule is CCNC(=O)C(Cc1ccccc1)N(Cc1ccccc1C)C(=O)CN(c1ccc(OC)c(OC)c1)S(=O)(=O)c1ccc(C)cc1. The average Bonchev–Trinajstić information content (AvgIpc) is 3.06. The molecule has 0 heterocycles. The first kappa shape index (κ1) is 34.1. The van der Waals surface area contributed by atoms with Gasteiger partial charge in [-0.1, -0.05) is 72.3 Å². The summed E-state index contributed by atoms with van der Waals surface area (Å²) < 4.78 is 40.4. The van der Waals surface area contributed by atoms with Gasteiger partial charge in [0.2, 0.25) is 11.8 Å². The van der Waals surface area contributed by atoms with E-state index in [1.54, 1.807) is 24.3 Å². The number of hydrogen-bond donors (Lipinski definition) is 1. The van der Waals surface area contributed by atoms with E-state index in [1.165, 1.54) is 37.3 Å². The van der Waals surface area contributed by atoms with E-state index in [4.69, 9.17) is 9.47 Å². The molecule has 0 aliphatic heterocycles. The second-order valence-electron chi connectivity index (χ2n) is 10.9. The average molecular weight is 644 g/mol. The number of amides is 2. The molecule has 4 aromatic carbocycles. The van der Waals surface area contributed by atoms with Gasteiger partial charge < -0.3 is 19.7 Å². The van der Waals surface area contributed by atoms with Gasteiger partial charge in [-0.15, -0.1) is 0 Å². The number of benzene rings is 4. The number of hydrogen-bond acceptors (Lipinski definition) is 6. The molecule has 4 aromatic rings. The van der Waals surface area contributed by atoms with Gasteiger partial charge in [0.05, 0.1) is 24.8 Å². The van der Waals surface area contributed by atoms with Crippen LogP contribution >= 0.6 is 0 Å². The monoisotopic (exact) mass is 643 g/mol. The Morgan fingerprint density at radius 1 is 0.826 bits per heavy atom. The zero-order chi connectivity index (χ0) is 33.3. The molecule has 0 saturated carbocycles. The first-order valence-electron chi connectivity index (χ1n) is 15.1. The van der Waals surface area contributed by atoms with Crippen LogP contribution in [0, 0.1) is 13.8 Å². The number of carbonyl (C=O) groups excluding carboxylic acids is 2. The van der Waals surface area contributed by atoms with Crippen LogP contribution in [0.15, 0.2) is 102 Å². The second-order valence-corrected chi connectivity index (χ2v) is 12.8. The summed E-state index contributed by atoms with van der Waals surface area (Å²) in [6.07, 6.45) is 0.241. The van der Waals surface area contributed by atoms with Gasteiger partial charge in [-0.25, -0.2) is 8.42 Å². The third-order valence-electron chi connectivity index (χ3n) is 7.77. The molecule has 242 valence electrons. The number of carbonyl (C=O) groups is 2. The van der Waals surface area contributed by atoms with Gasteiger partial charge in [-0.05, 0) is 61.7 Å². The lowest BCUT2D eigenvalue weighted by Gasteiger charge is -2.34. The summed E-state index contributed by atoms with van der Waals surface area (Å²) in [5.41, 5.74) is 3.75. The number of anilines is 1. The molecule has 1 unspecified atom stereocenters. The second kappa shape index (κ2) is 15.4. The Kier molecular flexibility index (Phi) is 11.4. The van der Waals surface area contributed by atoms with Crippen LogP contribution in [0.3, 0.4) is 0 Å². The molecular formula is C36H41N3O6S. The molecular weight excluding hydrogens is 602 g/mol. The molecule has 1 N–H and O–H groups in total. The standard InChI is InChI=1S/C36H41N3O6S/c1-6-37-36(41)32(22-28-13-8-7-9-14-28)38(24-29-15-11-10-12-27(29)3)35(40)25-39(30-18-21-33(44-4)34(23-30)45-5)46(42,43)31-19-16-26(2)17-20-31/h7-21,23,32H,6,22,24-25H2,1-5H3,(H,37,41). The van der Waals surface area contributed by atoms with Crippen molar-refractivity contribution in [2.24, 2.45) is 0 Å². The third-order valence-corrected chi connectivity index (χ3v) is 9.56. The van der Waals surface area contributed by atoms with Crippen LogP contribution in [0.25, 0.3) is 0 Å². The predicted molar refractivity (Wildman–Crippen MR) is 180 cm³/mol. The number of rotatable bonds is 14. The van der Waals surface area contributed by atoms with Crippen molar-refractivity contribution in [2.75, 3.05) is 31.6 Å². The number of sulfonamides is 1. The van der Waals surface area contributed by atoms with Crippen molar-refractivity contribution in [1.82, 2.24) is 10.2 Å². The normalized spacial score (nSPS) is 11.8. The summed E-state index contributed by atoms with van der Waals surface area (Å²) in [5, 5.41) is 2.88. The molecule has 0 aromatic heterocycles. The highest BCUT2D eigenvalue weighted by Gasteiger charge is 2.35. The Bertz CT molecular complexity index is 1740. The van der Waals surface area contributed by atoms with Gasteiger partial charge in [0.1, 0.15) is 12.6 Å². The van der Waals surface area contributed by atoms with Crippen LogP contribution < -0.4 is 19.1 Å². The number of aryl methyl sites for hydroxylation is 2. The maximum absolute atomic E-state index is 14.6. The van der Waals surface area contributed by atoms with Crippen molar-refractivity contribution in [3.8, 4) is 11.5 Å². The fraction of sp³-hybridized carbons (Fsp3) is 0.278. The Morgan fingerprint density at radius 2 is 1.48 bits per heavy atom. The van der Waals surface area contributed by atoms with Crippen LogP contribution in [0.5, 0.6) is 11.5 Å². The molecule has 0 bridgehead atoms. The molecule has 9 nitrogen and oxygen atoms in total. The van der Waals surface area contributed by atoms with E-state index < -0.39 is 28.5 Å². The van der Waals surface area contributed by atoms with E-state index in [1.807, 2.05) is 75.4 Å². The van der Waals surface area contributed by atoms with Crippen molar-refractivity contribution >= 4 is 27.5 Å². The number of nitrogens with one attached hydrogen (secondary N) is 1. The fourth-order valence-corrected chi connectivity index (χ4v) is 6.57. The van der Waals surface area contributed by atoms with Crippen LogP contribution in [0.1, 0.15) is 29.2 Å². The molecule has 0 aliphatic rings. The molecule has 2 amide bonds. The van der Waals surface area contributed by atoms with Crippen molar-refractivity contribution in [3.63, 3.8) is 0 Å². The van der Waals surface area contributed by atoms with Gasteiger partial charge in [0.15, 0.2) is 11.5 Å². The van der Waals surface area contributed by atoms with E-state index in [2.05, 4.69) is 5.32 Å². The van der Waals surface area contributed by atoms with Crippen LogP contribution in [-0.2, 0) is 32.6 Å². The lowest BCUT2D eigenvalue weighted by atomic mass is 10.0. The maximum atomic E-state index is 14.6. The molecule has 0 spiro atoms. The lowest BCUT2D eigenvalue weighted by Crippen LogP contribution is -2.53. The van der Waals surface area contributed by atoms with Crippen LogP contribution in [0.4, 0.5) is 5.69 Å².